The number of amidine groups is 1. The van der Waals surface area contributed by atoms with Crippen molar-refractivity contribution >= 4 is 22.6 Å². The quantitative estimate of drug-likeness (QED) is 0.551. The number of aliphatic imine (C=N–C) groups is 1. The molecule has 0 aromatic heterocycles. The van der Waals surface area contributed by atoms with Crippen molar-refractivity contribution in [2.24, 2.45) is 10.7 Å². The topological polar surface area (TPSA) is 38.4 Å². The lowest BCUT2D eigenvalue weighted by Gasteiger charge is -2.02. The summed E-state index contributed by atoms with van der Waals surface area (Å²) in [6, 6.07) is 6.14. The van der Waals surface area contributed by atoms with E-state index >= 15 is 0 Å². The van der Waals surface area contributed by atoms with Crippen LogP contribution in [-0.2, 0) is 0 Å². The molecule has 0 heterocycles. The van der Waals surface area contributed by atoms with Gasteiger partial charge in [0.25, 0.3) is 0 Å². The molecule has 0 amide bonds. The summed E-state index contributed by atoms with van der Waals surface area (Å²) in [6.45, 7) is 4.11. The summed E-state index contributed by atoms with van der Waals surface area (Å²) in [6.07, 6.45) is 1.92. The Hall–Kier alpha value is -0.960. The standard InChI is InChI=1S/C10H14N2S/c1-7-4-5-9(8(2)6-7)12-10(11)13-3/h4-6H,1-3H3,(H2,11,12). The van der Waals surface area contributed by atoms with E-state index in [2.05, 4.69) is 18.0 Å². The van der Waals surface area contributed by atoms with Crippen molar-refractivity contribution in [3.63, 3.8) is 0 Å². The molecule has 0 fully saturated rings. The van der Waals surface area contributed by atoms with Gasteiger partial charge in [-0.2, -0.15) is 0 Å². The average molecular weight is 194 g/mol. The average Bonchev–Trinajstić information content (AvgIpc) is 2.09. The highest BCUT2D eigenvalue weighted by molar-refractivity contribution is 8.13. The maximum atomic E-state index is 5.62. The molecule has 0 unspecified atom stereocenters. The SMILES string of the molecule is CSC(N)=Nc1ccc(C)cc1C. The lowest BCUT2D eigenvalue weighted by molar-refractivity contribution is 1.34. The minimum atomic E-state index is 0.604. The molecule has 1 aromatic carbocycles. The fourth-order valence-corrected chi connectivity index (χ4v) is 1.28. The second-order valence-electron chi connectivity index (χ2n) is 2.94. The van der Waals surface area contributed by atoms with Crippen LogP contribution in [0.5, 0.6) is 0 Å². The minimum Gasteiger partial charge on any atom is -0.378 e. The normalized spacial score (nSPS) is 11.8. The van der Waals surface area contributed by atoms with E-state index in [-0.39, 0.29) is 0 Å². The van der Waals surface area contributed by atoms with E-state index < -0.39 is 0 Å². The van der Waals surface area contributed by atoms with Gasteiger partial charge in [-0.1, -0.05) is 29.5 Å². The third-order valence-corrected chi connectivity index (χ3v) is 2.30. The molecule has 13 heavy (non-hydrogen) atoms. The van der Waals surface area contributed by atoms with Gasteiger partial charge in [-0.15, -0.1) is 0 Å². The molecule has 1 aromatic rings. The van der Waals surface area contributed by atoms with E-state index in [1.807, 2.05) is 25.3 Å². The first-order valence-corrected chi connectivity index (χ1v) is 5.31. The maximum absolute atomic E-state index is 5.62. The van der Waals surface area contributed by atoms with Gasteiger partial charge in [0.05, 0.1) is 5.69 Å². The Morgan fingerprint density at radius 1 is 1.38 bits per heavy atom. The maximum Gasteiger partial charge on any atom is 0.158 e. The van der Waals surface area contributed by atoms with E-state index in [1.165, 1.54) is 17.3 Å². The molecule has 0 atom stereocenters. The predicted molar refractivity (Wildman–Crippen MR) is 60.7 cm³/mol. The van der Waals surface area contributed by atoms with E-state index in [0.29, 0.717) is 5.17 Å². The highest BCUT2D eigenvalue weighted by Crippen LogP contribution is 2.20. The minimum absolute atomic E-state index is 0.604. The number of nitrogens with two attached hydrogens (primary N) is 1. The van der Waals surface area contributed by atoms with Crippen LogP contribution in [0.4, 0.5) is 5.69 Å². The van der Waals surface area contributed by atoms with Crippen molar-refractivity contribution in [2.45, 2.75) is 13.8 Å². The van der Waals surface area contributed by atoms with Crippen LogP contribution in [0, 0.1) is 13.8 Å². The zero-order valence-electron chi connectivity index (χ0n) is 8.16. The van der Waals surface area contributed by atoms with Crippen molar-refractivity contribution in [1.29, 1.82) is 0 Å². The highest BCUT2D eigenvalue weighted by atomic mass is 32.2. The monoisotopic (exact) mass is 194 g/mol. The predicted octanol–water partition coefficient (Wildman–Crippen LogP) is 2.61. The number of thioether (sulfide) groups is 1. The Kier molecular flexibility index (Phi) is 3.37. The summed E-state index contributed by atoms with van der Waals surface area (Å²) < 4.78 is 0. The van der Waals surface area contributed by atoms with E-state index in [0.717, 1.165) is 11.3 Å². The molecule has 70 valence electrons. The van der Waals surface area contributed by atoms with Crippen LogP contribution < -0.4 is 5.73 Å². The van der Waals surface area contributed by atoms with Crippen LogP contribution in [0.15, 0.2) is 23.2 Å². The Morgan fingerprint density at radius 3 is 2.62 bits per heavy atom. The first-order chi connectivity index (χ1) is 6.13. The van der Waals surface area contributed by atoms with Crippen molar-refractivity contribution in [2.75, 3.05) is 6.26 Å². The number of hydrogen-bond acceptors (Lipinski definition) is 2. The van der Waals surface area contributed by atoms with E-state index in [1.54, 1.807) is 0 Å². The van der Waals surface area contributed by atoms with Gasteiger partial charge in [-0.05, 0) is 31.7 Å². The molecular weight excluding hydrogens is 180 g/mol. The zero-order chi connectivity index (χ0) is 9.84. The third-order valence-electron chi connectivity index (χ3n) is 1.79. The molecule has 0 aliphatic heterocycles. The molecule has 2 N–H and O–H groups in total. The van der Waals surface area contributed by atoms with Crippen molar-refractivity contribution in [1.82, 2.24) is 0 Å². The summed E-state index contributed by atoms with van der Waals surface area (Å²) in [5.41, 5.74) is 8.99. The summed E-state index contributed by atoms with van der Waals surface area (Å²) in [4.78, 5) is 4.28. The summed E-state index contributed by atoms with van der Waals surface area (Å²) >= 11 is 1.46. The Morgan fingerprint density at radius 2 is 2.08 bits per heavy atom. The Bertz CT molecular complexity index is 332. The van der Waals surface area contributed by atoms with Gasteiger partial charge in [0.15, 0.2) is 5.17 Å². The molecule has 0 bridgehead atoms. The molecule has 0 spiro atoms. The van der Waals surface area contributed by atoms with Gasteiger partial charge >= 0.3 is 0 Å². The number of rotatable bonds is 1. The van der Waals surface area contributed by atoms with Crippen LogP contribution >= 0.6 is 11.8 Å². The van der Waals surface area contributed by atoms with Gasteiger partial charge in [-0.3, -0.25) is 0 Å². The summed E-state index contributed by atoms with van der Waals surface area (Å²) in [7, 11) is 0. The van der Waals surface area contributed by atoms with Crippen molar-refractivity contribution < 1.29 is 0 Å². The smallest absolute Gasteiger partial charge is 0.158 e. The molecular formula is C10H14N2S. The number of aryl methyl sites for hydroxylation is 2. The molecule has 0 saturated carbocycles. The van der Waals surface area contributed by atoms with Crippen LogP contribution in [0.3, 0.4) is 0 Å². The fraction of sp³-hybridized carbons (Fsp3) is 0.300. The first-order valence-electron chi connectivity index (χ1n) is 4.09. The molecule has 0 aliphatic rings. The fourth-order valence-electron chi connectivity index (χ4n) is 1.10. The summed E-state index contributed by atoms with van der Waals surface area (Å²) in [5.74, 6) is 0. The van der Waals surface area contributed by atoms with Gasteiger partial charge in [-0.25, -0.2) is 4.99 Å². The van der Waals surface area contributed by atoms with Crippen molar-refractivity contribution in [3.05, 3.63) is 29.3 Å². The molecule has 1 rings (SSSR count). The molecule has 3 heteroatoms. The van der Waals surface area contributed by atoms with Crippen LogP contribution in [-0.4, -0.2) is 11.4 Å². The Balaban J connectivity index is 3.03. The first kappa shape index (κ1) is 10.1. The van der Waals surface area contributed by atoms with E-state index in [4.69, 9.17) is 5.73 Å². The van der Waals surface area contributed by atoms with Gasteiger partial charge in [0, 0.05) is 0 Å². The lowest BCUT2D eigenvalue weighted by Crippen LogP contribution is -2.04. The van der Waals surface area contributed by atoms with Gasteiger partial charge in [0.2, 0.25) is 0 Å². The number of hydrogen-bond donors (Lipinski definition) is 1. The van der Waals surface area contributed by atoms with Crippen LogP contribution in [0.1, 0.15) is 11.1 Å². The number of benzene rings is 1. The molecule has 0 radical (unpaired) electrons. The van der Waals surface area contributed by atoms with Crippen molar-refractivity contribution in [3.8, 4) is 0 Å². The van der Waals surface area contributed by atoms with E-state index in [9.17, 15) is 0 Å². The van der Waals surface area contributed by atoms with Crippen LogP contribution in [0.25, 0.3) is 0 Å². The largest absolute Gasteiger partial charge is 0.378 e. The van der Waals surface area contributed by atoms with Crippen LogP contribution in [0.2, 0.25) is 0 Å². The molecule has 0 saturated heterocycles. The lowest BCUT2D eigenvalue weighted by atomic mass is 10.1. The Labute approximate surface area is 83.2 Å². The second kappa shape index (κ2) is 4.33. The third kappa shape index (κ3) is 2.77. The second-order valence-corrected chi connectivity index (χ2v) is 3.77. The summed E-state index contributed by atoms with van der Waals surface area (Å²) in [5, 5.41) is 0.604. The van der Waals surface area contributed by atoms with Gasteiger partial charge in [0.1, 0.15) is 0 Å². The molecule has 0 aliphatic carbocycles. The number of nitrogens with zero attached hydrogens (tertiary/aromatic N) is 1. The molecule has 2 nitrogen and oxygen atoms in total. The zero-order valence-corrected chi connectivity index (χ0v) is 8.98. The van der Waals surface area contributed by atoms with Gasteiger partial charge < -0.3 is 5.73 Å². The highest BCUT2D eigenvalue weighted by Gasteiger charge is 1.96.